The van der Waals surface area contributed by atoms with E-state index >= 15 is 0 Å². The van der Waals surface area contributed by atoms with Gasteiger partial charge in [0.2, 0.25) is 0 Å². The van der Waals surface area contributed by atoms with Gasteiger partial charge in [0.25, 0.3) is 5.92 Å². The molecule has 0 atom stereocenters. The van der Waals surface area contributed by atoms with Crippen molar-refractivity contribution in [1.29, 1.82) is 0 Å². The molecule has 1 N–H and O–H groups in total. The fourth-order valence-corrected chi connectivity index (χ4v) is 1.04. The van der Waals surface area contributed by atoms with Crippen molar-refractivity contribution in [3.05, 3.63) is 0 Å². The van der Waals surface area contributed by atoms with Gasteiger partial charge in [-0.1, -0.05) is 13.8 Å². The van der Waals surface area contributed by atoms with E-state index in [4.69, 9.17) is 9.84 Å². The van der Waals surface area contributed by atoms with Crippen LogP contribution in [0.4, 0.5) is 8.78 Å². The molecular formula is C9H16F2O3. The molecule has 0 aromatic heterocycles. The predicted octanol–water partition coefficient (Wildman–Crippen LogP) is 2.30. The topological polar surface area (TPSA) is 46.5 Å². The molecule has 84 valence electrons. The Morgan fingerprint density at radius 2 is 2.00 bits per heavy atom. The van der Waals surface area contributed by atoms with Crippen molar-refractivity contribution in [2.75, 3.05) is 6.61 Å². The molecule has 0 spiro atoms. The molecule has 1 fully saturated rings. The minimum absolute atomic E-state index is 0.0239. The Morgan fingerprint density at radius 3 is 2.36 bits per heavy atom. The number of alkyl halides is 2. The number of hydrogen-bond acceptors (Lipinski definition) is 2. The number of rotatable bonds is 4. The van der Waals surface area contributed by atoms with Crippen molar-refractivity contribution in [3.8, 4) is 0 Å². The van der Waals surface area contributed by atoms with E-state index in [1.807, 2.05) is 13.8 Å². The summed E-state index contributed by atoms with van der Waals surface area (Å²) in [5.74, 6) is -3.56. The second-order valence-electron chi connectivity index (χ2n) is 2.90. The molecule has 0 heterocycles. The first kappa shape index (κ1) is 13.3. The summed E-state index contributed by atoms with van der Waals surface area (Å²) in [5.41, 5.74) is 0. The standard InChI is InChI=1S/C7H10F2O3.C2H6/c8-7(9)3-5(4-7)12-2-1-6(10)11;1-2/h5H,1-4H2,(H,10,11);1-2H3. The third-order valence-corrected chi connectivity index (χ3v) is 1.72. The summed E-state index contributed by atoms with van der Waals surface area (Å²) < 4.78 is 29.2. The lowest BCUT2D eigenvalue weighted by molar-refractivity contribution is -0.167. The first-order valence-electron chi connectivity index (χ1n) is 4.71. The molecule has 3 nitrogen and oxygen atoms in total. The van der Waals surface area contributed by atoms with Gasteiger partial charge in [-0.2, -0.15) is 0 Å². The van der Waals surface area contributed by atoms with Crippen molar-refractivity contribution in [2.45, 2.75) is 45.1 Å². The maximum atomic E-state index is 12.2. The molecule has 0 unspecified atom stereocenters. The molecular weight excluding hydrogens is 194 g/mol. The van der Waals surface area contributed by atoms with Crippen molar-refractivity contribution in [1.82, 2.24) is 0 Å². The summed E-state index contributed by atoms with van der Waals surface area (Å²) in [5, 5.41) is 8.19. The first-order chi connectivity index (χ1) is 6.49. The fourth-order valence-electron chi connectivity index (χ4n) is 1.04. The maximum Gasteiger partial charge on any atom is 0.305 e. The number of carboxylic acids is 1. The second kappa shape index (κ2) is 5.90. The highest BCUT2D eigenvalue weighted by atomic mass is 19.3. The van der Waals surface area contributed by atoms with Gasteiger partial charge in [0.1, 0.15) is 0 Å². The molecule has 1 aliphatic carbocycles. The van der Waals surface area contributed by atoms with Gasteiger partial charge in [-0.15, -0.1) is 0 Å². The molecule has 1 rings (SSSR count). The fraction of sp³-hybridized carbons (Fsp3) is 0.889. The van der Waals surface area contributed by atoms with Gasteiger partial charge in [0.05, 0.1) is 19.1 Å². The van der Waals surface area contributed by atoms with E-state index in [1.54, 1.807) is 0 Å². The van der Waals surface area contributed by atoms with Gasteiger partial charge in [-0.25, -0.2) is 8.78 Å². The Morgan fingerprint density at radius 1 is 1.50 bits per heavy atom. The quantitative estimate of drug-likeness (QED) is 0.774. The van der Waals surface area contributed by atoms with Gasteiger partial charge in [0, 0.05) is 12.8 Å². The largest absolute Gasteiger partial charge is 0.481 e. The third kappa shape index (κ3) is 5.11. The second-order valence-corrected chi connectivity index (χ2v) is 2.90. The van der Waals surface area contributed by atoms with Gasteiger partial charge < -0.3 is 9.84 Å². The molecule has 0 saturated heterocycles. The summed E-state index contributed by atoms with van der Waals surface area (Å²) in [7, 11) is 0. The maximum absolute atomic E-state index is 12.2. The Bertz CT molecular complexity index is 175. The number of aliphatic carboxylic acids is 1. The number of ether oxygens (including phenoxy) is 1. The molecule has 0 bridgehead atoms. The Balaban J connectivity index is 0.000000791. The smallest absolute Gasteiger partial charge is 0.305 e. The SMILES string of the molecule is CC.O=C(O)CCOC1CC(F)(F)C1. The van der Waals surface area contributed by atoms with Crippen LogP contribution in [0.5, 0.6) is 0 Å². The molecule has 0 amide bonds. The van der Waals surface area contributed by atoms with Crippen LogP contribution < -0.4 is 0 Å². The van der Waals surface area contributed by atoms with Crippen LogP contribution in [0, 0.1) is 0 Å². The summed E-state index contributed by atoms with van der Waals surface area (Å²) in [4.78, 5) is 9.99. The summed E-state index contributed by atoms with van der Waals surface area (Å²) in [6.07, 6.45) is -1.11. The van der Waals surface area contributed by atoms with Crippen LogP contribution in [0.25, 0.3) is 0 Å². The summed E-state index contributed by atoms with van der Waals surface area (Å²) in [6.45, 7) is 4.02. The number of carboxylic acid groups (broad SMARTS) is 1. The lowest BCUT2D eigenvalue weighted by Crippen LogP contribution is -2.41. The minimum atomic E-state index is -2.59. The number of hydrogen-bond donors (Lipinski definition) is 1. The molecule has 1 aliphatic rings. The zero-order valence-corrected chi connectivity index (χ0v) is 8.43. The minimum Gasteiger partial charge on any atom is -0.481 e. The zero-order chi connectivity index (χ0) is 11.2. The van der Waals surface area contributed by atoms with Gasteiger partial charge >= 0.3 is 5.97 Å². The third-order valence-electron chi connectivity index (χ3n) is 1.72. The highest BCUT2D eigenvalue weighted by molar-refractivity contribution is 5.66. The lowest BCUT2D eigenvalue weighted by Gasteiger charge is -2.34. The monoisotopic (exact) mass is 210 g/mol. The van der Waals surface area contributed by atoms with E-state index in [-0.39, 0.29) is 25.9 Å². The average molecular weight is 210 g/mol. The number of halogens is 2. The summed E-state index contributed by atoms with van der Waals surface area (Å²) >= 11 is 0. The van der Waals surface area contributed by atoms with Gasteiger partial charge in [-0.3, -0.25) is 4.79 Å². The van der Waals surface area contributed by atoms with Gasteiger partial charge in [0.15, 0.2) is 0 Å². The van der Waals surface area contributed by atoms with Crippen LogP contribution >= 0.6 is 0 Å². The Kier molecular flexibility index (Phi) is 5.60. The number of carbonyl (C=O) groups is 1. The molecule has 0 aromatic carbocycles. The zero-order valence-electron chi connectivity index (χ0n) is 8.43. The predicted molar refractivity (Wildman–Crippen MR) is 47.5 cm³/mol. The first-order valence-corrected chi connectivity index (χ1v) is 4.71. The Hall–Kier alpha value is -0.710. The average Bonchev–Trinajstić information content (AvgIpc) is 2.04. The van der Waals surface area contributed by atoms with Crippen LogP contribution in [0.1, 0.15) is 33.1 Å². The molecule has 0 aliphatic heterocycles. The highest BCUT2D eigenvalue weighted by Gasteiger charge is 2.45. The van der Waals surface area contributed by atoms with E-state index < -0.39 is 18.0 Å². The molecule has 0 aromatic rings. The van der Waals surface area contributed by atoms with Crippen LogP contribution in [0.15, 0.2) is 0 Å². The molecule has 0 radical (unpaired) electrons. The summed E-state index contributed by atoms with van der Waals surface area (Å²) in [6, 6.07) is 0. The van der Waals surface area contributed by atoms with E-state index in [9.17, 15) is 13.6 Å². The van der Waals surface area contributed by atoms with Crippen molar-refractivity contribution >= 4 is 5.97 Å². The van der Waals surface area contributed by atoms with E-state index in [0.29, 0.717) is 0 Å². The van der Waals surface area contributed by atoms with E-state index in [0.717, 1.165) is 0 Å². The van der Waals surface area contributed by atoms with Crippen molar-refractivity contribution < 1.29 is 23.4 Å². The highest BCUT2D eigenvalue weighted by Crippen LogP contribution is 2.39. The van der Waals surface area contributed by atoms with E-state index in [2.05, 4.69) is 0 Å². The van der Waals surface area contributed by atoms with Gasteiger partial charge in [-0.05, 0) is 0 Å². The molecule has 14 heavy (non-hydrogen) atoms. The van der Waals surface area contributed by atoms with Crippen LogP contribution in [-0.4, -0.2) is 29.7 Å². The van der Waals surface area contributed by atoms with Crippen molar-refractivity contribution in [3.63, 3.8) is 0 Å². The molecule has 1 saturated carbocycles. The van der Waals surface area contributed by atoms with Crippen molar-refractivity contribution in [2.24, 2.45) is 0 Å². The van der Waals surface area contributed by atoms with Crippen LogP contribution in [-0.2, 0) is 9.53 Å². The normalized spacial score (nSPS) is 19.1. The van der Waals surface area contributed by atoms with E-state index in [1.165, 1.54) is 0 Å². The molecule has 5 heteroatoms. The Labute approximate surface area is 82.1 Å². The van der Waals surface area contributed by atoms with Crippen LogP contribution in [0.2, 0.25) is 0 Å². The lowest BCUT2D eigenvalue weighted by atomic mass is 9.91. The van der Waals surface area contributed by atoms with Crippen LogP contribution in [0.3, 0.4) is 0 Å².